The van der Waals surface area contributed by atoms with Crippen molar-refractivity contribution in [2.75, 3.05) is 20.3 Å². The molecule has 0 heterocycles. The van der Waals surface area contributed by atoms with Gasteiger partial charge in [0.15, 0.2) is 0 Å². The summed E-state index contributed by atoms with van der Waals surface area (Å²) in [5.74, 6) is -1.22. The van der Waals surface area contributed by atoms with Crippen LogP contribution in [0.4, 0.5) is 0 Å². The molecular weight excluding hydrogens is 246 g/mol. The molecule has 0 aliphatic rings. The fourth-order valence-corrected chi connectivity index (χ4v) is 1.94. The molecule has 1 unspecified atom stereocenters. The van der Waals surface area contributed by atoms with Crippen molar-refractivity contribution in [2.45, 2.75) is 19.9 Å². The molecule has 1 amide bonds. The summed E-state index contributed by atoms with van der Waals surface area (Å²) in [6, 6.07) is 6.00. The van der Waals surface area contributed by atoms with Crippen LogP contribution in [-0.4, -0.2) is 48.2 Å². The smallest absolute Gasteiger partial charge is 0.335 e. The third-order valence-electron chi connectivity index (χ3n) is 2.90. The summed E-state index contributed by atoms with van der Waals surface area (Å²) in [6.45, 7) is 4.76. The van der Waals surface area contributed by atoms with Crippen LogP contribution < -0.4 is 0 Å². The van der Waals surface area contributed by atoms with E-state index in [1.165, 1.54) is 12.1 Å². The molecule has 0 aliphatic heterocycles. The van der Waals surface area contributed by atoms with Gasteiger partial charge >= 0.3 is 5.97 Å². The van der Waals surface area contributed by atoms with Gasteiger partial charge in [0.2, 0.25) is 0 Å². The molecule has 1 aromatic rings. The highest BCUT2D eigenvalue weighted by Gasteiger charge is 2.20. The summed E-state index contributed by atoms with van der Waals surface area (Å²) in [5, 5.41) is 8.94. The number of methoxy groups -OCH3 is 1. The zero-order chi connectivity index (χ0) is 14.4. The van der Waals surface area contributed by atoms with Gasteiger partial charge in [-0.25, -0.2) is 4.79 Å². The Morgan fingerprint density at radius 1 is 1.37 bits per heavy atom. The molecule has 0 spiro atoms. The summed E-state index contributed by atoms with van der Waals surface area (Å²) >= 11 is 0. The molecule has 0 radical (unpaired) electrons. The number of likely N-dealkylation sites (N-methyl/N-ethyl adjacent to an activating group) is 1. The van der Waals surface area contributed by atoms with Crippen LogP contribution in [0.5, 0.6) is 0 Å². The monoisotopic (exact) mass is 265 g/mol. The Morgan fingerprint density at radius 2 is 2.00 bits per heavy atom. The van der Waals surface area contributed by atoms with Crippen LogP contribution in [0.25, 0.3) is 0 Å². The lowest BCUT2D eigenvalue weighted by molar-refractivity contribution is 0.0579. The van der Waals surface area contributed by atoms with Crippen molar-refractivity contribution in [1.29, 1.82) is 0 Å². The molecule has 104 valence electrons. The molecule has 1 N–H and O–H groups in total. The maximum Gasteiger partial charge on any atom is 0.335 e. The number of carboxylic acid groups (broad SMARTS) is 1. The summed E-state index contributed by atoms with van der Waals surface area (Å²) in [6.07, 6.45) is 0. The predicted molar refractivity (Wildman–Crippen MR) is 71.4 cm³/mol. The molecule has 0 fully saturated rings. The standard InChI is InChI=1S/C14H19NO4/c1-4-15(10(2)9-19-3)13(16)11-6-5-7-12(8-11)14(17)18/h5-8,10H,4,9H2,1-3H3,(H,17,18). The van der Waals surface area contributed by atoms with Gasteiger partial charge in [-0.05, 0) is 32.0 Å². The first-order valence-electron chi connectivity index (χ1n) is 6.14. The number of benzene rings is 1. The van der Waals surface area contributed by atoms with E-state index in [1.54, 1.807) is 24.1 Å². The highest BCUT2D eigenvalue weighted by atomic mass is 16.5. The number of ether oxygens (including phenoxy) is 1. The number of nitrogens with zero attached hydrogens (tertiary/aromatic N) is 1. The van der Waals surface area contributed by atoms with E-state index < -0.39 is 5.97 Å². The van der Waals surface area contributed by atoms with Crippen molar-refractivity contribution >= 4 is 11.9 Å². The number of hydrogen-bond donors (Lipinski definition) is 1. The molecular formula is C14H19NO4. The first kappa shape index (κ1) is 15.2. The summed E-state index contributed by atoms with van der Waals surface area (Å²) in [7, 11) is 1.58. The SMILES string of the molecule is CCN(C(=O)c1cccc(C(=O)O)c1)C(C)COC. The molecule has 0 aliphatic carbocycles. The Hall–Kier alpha value is -1.88. The maximum absolute atomic E-state index is 12.3. The number of amides is 1. The first-order valence-corrected chi connectivity index (χ1v) is 6.14. The van der Waals surface area contributed by atoms with Gasteiger partial charge in [-0.2, -0.15) is 0 Å². The Bertz CT molecular complexity index is 459. The fourth-order valence-electron chi connectivity index (χ4n) is 1.94. The highest BCUT2D eigenvalue weighted by Crippen LogP contribution is 2.11. The van der Waals surface area contributed by atoms with Gasteiger partial charge in [-0.3, -0.25) is 4.79 Å². The number of hydrogen-bond acceptors (Lipinski definition) is 3. The van der Waals surface area contributed by atoms with Crippen LogP contribution in [0.2, 0.25) is 0 Å². The number of carbonyl (C=O) groups is 2. The predicted octanol–water partition coefficient (Wildman–Crippen LogP) is 1.88. The van der Waals surface area contributed by atoms with Crippen LogP contribution in [0, 0.1) is 0 Å². The van der Waals surface area contributed by atoms with E-state index in [1.807, 2.05) is 13.8 Å². The van der Waals surface area contributed by atoms with Gasteiger partial charge in [0.1, 0.15) is 0 Å². The molecule has 5 heteroatoms. The van der Waals surface area contributed by atoms with Crippen LogP contribution >= 0.6 is 0 Å². The van der Waals surface area contributed by atoms with E-state index in [0.717, 1.165) is 0 Å². The lowest BCUT2D eigenvalue weighted by atomic mass is 10.1. The van der Waals surface area contributed by atoms with Crippen molar-refractivity contribution in [3.05, 3.63) is 35.4 Å². The number of rotatable bonds is 6. The molecule has 1 atom stereocenters. The zero-order valence-corrected chi connectivity index (χ0v) is 11.4. The lowest BCUT2D eigenvalue weighted by Gasteiger charge is -2.27. The molecule has 0 bridgehead atoms. The van der Waals surface area contributed by atoms with Crippen molar-refractivity contribution in [3.8, 4) is 0 Å². The average molecular weight is 265 g/mol. The van der Waals surface area contributed by atoms with E-state index in [4.69, 9.17) is 9.84 Å². The fraction of sp³-hybridized carbons (Fsp3) is 0.429. The topological polar surface area (TPSA) is 66.8 Å². The summed E-state index contributed by atoms with van der Waals surface area (Å²) in [5.41, 5.74) is 0.492. The van der Waals surface area contributed by atoms with Crippen LogP contribution in [-0.2, 0) is 4.74 Å². The van der Waals surface area contributed by atoms with Crippen LogP contribution in [0.15, 0.2) is 24.3 Å². The molecule has 1 rings (SSSR count). The largest absolute Gasteiger partial charge is 0.478 e. The zero-order valence-electron chi connectivity index (χ0n) is 11.4. The molecule has 19 heavy (non-hydrogen) atoms. The van der Waals surface area contributed by atoms with Gasteiger partial charge in [0.25, 0.3) is 5.91 Å². The molecule has 0 saturated carbocycles. The normalized spacial score (nSPS) is 11.9. The molecule has 5 nitrogen and oxygen atoms in total. The Kier molecular flexibility index (Phi) is 5.51. The Morgan fingerprint density at radius 3 is 2.53 bits per heavy atom. The molecule has 1 aromatic carbocycles. The van der Waals surface area contributed by atoms with Crippen LogP contribution in [0.3, 0.4) is 0 Å². The van der Waals surface area contributed by atoms with Crippen molar-refractivity contribution in [1.82, 2.24) is 4.90 Å². The van der Waals surface area contributed by atoms with Crippen molar-refractivity contribution in [3.63, 3.8) is 0 Å². The van der Waals surface area contributed by atoms with E-state index in [-0.39, 0.29) is 17.5 Å². The van der Waals surface area contributed by atoms with Gasteiger partial charge in [0, 0.05) is 19.2 Å². The minimum absolute atomic E-state index is 0.0593. The summed E-state index contributed by atoms with van der Waals surface area (Å²) in [4.78, 5) is 24.9. The lowest BCUT2D eigenvalue weighted by Crippen LogP contribution is -2.41. The minimum Gasteiger partial charge on any atom is -0.478 e. The molecule has 0 saturated heterocycles. The highest BCUT2D eigenvalue weighted by molar-refractivity contribution is 5.97. The second kappa shape index (κ2) is 6.89. The third kappa shape index (κ3) is 3.79. The number of carboxylic acids is 1. The number of carbonyl (C=O) groups excluding carboxylic acids is 1. The van der Waals surface area contributed by atoms with E-state index in [9.17, 15) is 9.59 Å². The van der Waals surface area contributed by atoms with E-state index in [2.05, 4.69) is 0 Å². The first-order chi connectivity index (χ1) is 9.01. The third-order valence-corrected chi connectivity index (χ3v) is 2.90. The van der Waals surface area contributed by atoms with Crippen molar-refractivity contribution in [2.24, 2.45) is 0 Å². The van der Waals surface area contributed by atoms with E-state index in [0.29, 0.717) is 18.7 Å². The van der Waals surface area contributed by atoms with Gasteiger partial charge in [-0.1, -0.05) is 6.07 Å². The summed E-state index contributed by atoms with van der Waals surface area (Å²) < 4.78 is 5.05. The van der Waals surface area contributed by atoms with Crippen molar-refractivity contribution < 1.29 is 19.4 Å². The Balaban J connectivity index is 2.97. The number of aromatic carboxylic acids is 1. The molecule has 0 aromatic heterocycles. The minimum atomic E-state index is -1.04. The quantitative estimate of drug-likeness (QED) is 0.852. The van der Waals surface area contributed by atoms with Gasteiger partial charge in [0.05, 0.1) is 18.2 Å². The van der Waals surface area contributed by atoms with Gasteiger partial charge in [-0.15, -0.1) is 0 Å². The van der Waals surface area contributed by atoms with Crippen LogP contribution in [0.1, 0.15) is 34.6 Å². The Labute approximate surface area is 112 Å². The average Bonchev–Trinajstić information content (AvgIpc) is 2.39. The second-order valence-corrected chi connectivity index (χ2v) is 4.28. The van der Waals surface area contributed by atoms with Gasteiger partial charge < -0.3 is 14.7 Å². The maximum atomic E-state index is 12.3. The van der Waals surface area contributed by atoms with E-state index >= 15 is 0 Å². The second-order valence-electron chi connectivity index (χ2n) is 4.28.